The summed E-state index contributed by atoms with van der Waals surface area (Å²) >= 11 is 0. The molecule has 200 valence electrons. The molecule has 5 unspecified atom stereocenters. The van der Waals surface area contributed by atoms with Crippen LogP contribution in [0, 0.1) is 0 Å². The number of esters is 1. The number of rotatable bonds is 10. The molecule has 0 aromatic heterocycles. The Morgan fingerprint density at radius 1 is 0.919 bits per heavy atom. The number of aromatic hydroxyl groups is 2. The summed E-state index contributed by atoms with van der Waals surface area (Å²) in [4.78, 5) is 12.1. The van der Waals surface area contributed by atoms with E-state index in [2.05, 4.69) is 0 Å². The van der Waals surface area contributed by atoms with E-state index in [-0.39, 0.29) is 17.2 Å². The van der Waals surface area contributed by atoms with Crippen LogP contribution < -0.4 is 9.47 Å². The molecule has 0 saturated carbocycles. The van der Waals surface area contributed by atoms with Crippen molar-refractivity contribution in [3.05, 3.63) is 59.7 Å². The normalized spacial score (nSPS) is 23.9. The topological polar surface area (TPSA) is 164 Å². The van der Waals surface area contributed by atoms with Crippen LogP contribution in [-0.4, -0.2) is 89.6 Å². The zero-order valence-corrected chi connectivity index (χ0v) is 20.3. The number of phenols is 2. The van der Waals surface area contributed by atoms with Gasteiger partial charge in [-0.1, -0.05) is 24.3 Å². The smallest absolute Gasteiger partial charge is 0.330 e. The molecule has 5 atom stereocenters. The van der Waals surface area contributed by atoms with Gasteiger partial charge in [-0.2, -0.15) is 0 Å². The molecule has 0 radical (unpaired) electrons. The Kier molecular flexibility index (Phi) is 9.89. The molecule has 2 aromatic carbocycles. The van der Waals surface area contributed by atoms with Gasteiger partial charge >= 0.3 is 5.97 Å². The molecule has 5 N–H and O–H groups in total. The lowest BCUT2D eigenvalue weighted by Gasteiger charge is -2.40. The Morgan fingerprint density at radius 2 is 1.65 bits per heavy atom. The number of aliphatic hydroxyl groups is 3. The molecule has 1 saturated heterocycles. The maximum Gasteiger partial charge on any atom is 0.330 e. The van der Waals surface area contributed by atoms with Gasteiger partial charge in [-0.3, -0.25) is 0 Å². The fraction of sp³-hybridized carbons (Fsp3) is 0.346. The third-order valence-electron chi connectivity index (χ3n) is 5.47. The number of methoxy groups -OCH3 is 2. The Hall–Kier alpha value is -3.61. The summed E-state index contributed by atoms with van der Waals surface area (Å²) in [6.45, 7) is -0.0137. The highest BCUT2D eigenvalue weighted by molar-refractivity contribution is 5.87. The zero-order valence-electron chi connectivity index (χ0n) is 20.3. The van der Waals surface area contributed by atoms with E-state index < -0.39 is 43.3 Å². The van der Waals surface area contributed by atoms with Crippen molar-refractivity contribution in [1.82, 2.24) is 0 Å². The highest BCUT2D eigenvalue weighted by Crippen LogP contribution is 2.32. The number of phenolic OH excluding ortho intramolecular Hbond substituents is 2. The Balaban J connectivity index is 1.64. The van der Waals surface area contributed by atoms with Crippen LogP contribution in [0.2, 0.25) is 0 Å². The van der Waals surface area contributed by atoms with Crippen LogP contribution in [0.15, 0.2) is 48.6 Å². The molecule has 11 nitrogen and oxygen atoms in total. The van der Waals surface area contributed by atoms with Crippen LogP contribution in [0.4, 0.5) is 0 Å². The van der Waals surface area contributed by atoms with Gasteiger partial charge in [0.05, 0.1) is 13.7 Å². The first kappa shape index (κ1) is 28.0. The fourth-order valence-electron chi connectivity index (χ4n) is 3.46. The highest BCUT2D eigenvalue weighted by atomic mass is 16.7. The lowest BCUT2D eigenvalue weighted by molar-refractivity contribution is -0.278. The maximum absolute atomic E-state index is 12.1. The third kappa shape index (κ3) is 7.44. The summed E-state index contributed by atoms with van der Waals surface area (Å²) in [5, 5.41) is 49.9. The van der Waals surface area contributed by atoms with Gasteiger partial charge in [0.1, 0.15) is 31.0 Å². The zero-order chi connectivity index (χ0) is 26.9. The van der Waals surface area contributed by atoms with E-state index in [0.717, 1.165) is 11.6 Å². The van der Waals surface area contributed by atoms with E-state index >= 15 is 0 Å². The summed E-state index contributed by atoms with van der Waals surface area (Å²) < 4.78 is 26.8. The second-order valence-corrected chi connectivity index (χ2v) is 8.11. The SMILES string of the molecule is COCC=Cc1ccc(OC2OC(COC(=O)C=Cc3ccc(O)c(O)c3)C(O)C(O)C2O)c(OC)c1. The lowest BCUT2D eigenvalue weighted by atomic mass is 9.99. The number of hydrogen-bond acceptors (Lipinski definition) is 11. The summed E-state index contributed by atoms with van der Waals surface area (Å²) in [7, 11) is 3.02. The van der Waals surface area contributed by atoms with Gasteiger partial charge in [0.25, 0.3) is 0 Å². The summed E-state index contributed by atoms with van der Waals surface area (Å²) in [6, 6.07) is 9.03. The van der Waals surface area contributed by atoms with Crippen LogP contribution in [-0.2, 0) is 19.0 Å². The number of carbonyl (C=O) groups is 1. The van der Waals surface area contributed by atoms with E-state index in [1.807, 2.05) is 12.2 Å². The summed E-state index contributed by atoms with van der Waals surface area (Å²) in [6.07, 6.45) is -1.34. The highest BCUT2D eigenvalue weighted by Gasteiger charge is 2.45. The molecule has 1 aliphatic rings. The minimum absolute atomic E-state index is 0.217. The first-order valence-electron chi connectivity index (χ1n) is 11.3. The van der Waals surface area contributed by atoms with Gasteiger partial charge < -0.3 is 49.2 Å². The van der Waals surface area contributed by atoms with Crippen molar-refractivity contribution >= 4 is 18.1 Å². The van der Waals surface area contributed by atoms with Crippen molar-refractivity contribution in [2.45, 2.75) is 30.7 Å². The van der Waals surface area contributed by atoms with Gasteiger partial charge in [0.15, 0.2) is 23.0 Å². The van der Waals surface area contributed by atoms with Crippen molar-refractivity contribution in [3.63, 3.8) is 0 Å². The molecule has 0 spiro atoms. The Morgan fingerprint density at radius 3 is 2.35 bits per heavy atom. The molecular weight excluding hydrogens is 488 g/mol. The number of hydrogen-bond donors (Lipinski definition) is 5. The van der Waals surface area contributed by atoms with Crippen LogP contribution >= 0.6 is 0 Å². The van der Waals surface area contributed by atoms with Gasteiger partial charge in [-0.05, 0) is 41.5 Å². The van der Waals surface area contributed by atoms with Gasteiger partial charge in [-0.25, -0.2) is 4.79 Å². The second-order valence-electron chi connectivity index (χ2n) is 8.11. The Labute approximate surface area is 213 Å². The molecule has 0 amide bonds. The first-order chi connectivity index (χ1) is 17.7. The van der Waals surface area contributed by atoms with Crippen molar-refractivity contribution in [2.75, 3.05) is 27.4 Å². The first-order valence-corrected chi connectivity index (χ1v) is 11.3. The molecule has 1 heterocycles. The maximum atomic E-state index is 12.1. The van der Waals surface area contributed by atoms with Crippen molar-refractivity contribution in [3.8, 4) is 23.0 Å². The standard InChI is InChI=1S/C26H30O11/c1-33-11-3-4-15-6-9-19(20(13-15)34-2)36-26-25(32)24(31)23(30)21(37-26)14-35-22(29)10-7-16-5-8-17(27)18(28)12-16/h3-10,12-13,21,23-28,30-32H,11,14H2,1-2H3. The van der Waals surface area contributed by atoms with Gasteiger partial charge in [0.2, 0.25) is 6.29 Å². The number of benzene rings is 2. The van der Waals surface area contributed by atoms with E-state index in [1.165, 1.54) is 31.4 Å². The molecule has 3 rings (SSSR count). The van der Waals surface area contributed by atoms with E-state index in [0.29, 0.717) is 17.9 Å². The quantitative estimate of drug-likeness (QED) is 0.174. The molecular formula is C26H30O11. The molecule has 1 fully saturated rings. The van der Waals surface area contributed by atoms with Crippen LogP contribution in [0.5, 0.6) is 23.0 Å². The van der Waals surface area contributed by atoms with E-state index in [9.17, 15) is 30.3 Å². The molecule has 1 aliphatic heterocycles. The monoisotopic (exact) mass is 518 g/mol. The molecule has 0 bridgehead atoms. The van der Waals surface area contributed by atoms with Crippen LogP contribution in [0.1, 0.15) is 11.1 Å². The number of carbonyl (C=O) groups excluding carboxylic acids is 1. The molecule has 37 heavy (non-hydrogen) atoms. The summed E-state index contributed by atoms with van der Waals surface area (Å²) in [5.41, 5.74) is 1.24. The minimum Gasteiger partial charge on any atom is -0.504 e. The van der Waals surface area contributed by atoms with Gasteiger partial charge in [-0.15, -0.1) is 0 Å². The Bertz CT molecular complexity index is 1110. The third-order valence-corrected chi connectivity index (χ3v) is 5.47. The van der Waals surface area contributed by atoms with Crippen molar-refractivity contribution in [1.29, 1.82) is 0 Å². The van der Waals surface area contributed by atoms with Crippen LogP contribution in [0.25, 0.3) is 12.2 Å². The average molecular weight is 519 g/mol. The minimum atomic E-state index is -1.64. The van der Waals surface area contributed by atoms with E-state index in [4.69, 9.17) is 23.7 Å². The molecule has 0 aliphatic carbocycles. The van der Waals surface area contributed by atoms with Gasteiger partial charge in [0, 0.05) is 13.2 Å². The summed E-state index contributed by atoms with van der Waals surface area (Å²) in [5.74, 6) is -0.880. The predicted molar refractivity (Wildman–Crippen MR) is 131 cm³/mol. The number of aliphatic hydroxyl groups excluding tert-OH is 3. The van der Waals surface area contributed by atoms with Crippen molar-refractivity contribution < 1.29 is 54.0 Å². The largest absolute Gasteiger partial charge is 0.504 e. The number of ether oxygens (including phenoxy) is 5. The molecule has 11 heteroatoms. The second kappa shape index (κ2) is 13.1. The predicted octanol–water partition coefficient (Wildman–Crippen LogP) is 1.21. The molecule has 2 aromatic rings. The van der Waals surface area contributed by atoms with E-state index in [1.54, 1.807) is 25.3 Å². The lowest BCUT2D eigenvalue weighted by Crippen LogP contribution is -2.60. The van der Waals surface area contributed by atoms with Crippen molar-refractivity contribution in [2.24, 2.45) is 0 Å². The fourth-order valence-corrected chi connectivity index (χ4v) is 3.46. The van der Waals surface area contributed by atoms with Crippen LogP contribution in [0.3, 0.4) is 0 Å². The average Bonchev–Trinajstić information content (AvgIpc) is 2.89.